The Balaban J connectivity index is 1.67. The Labute approximate surface area is 160 Å². The second-order valence-electron chi connectivity index (χ2n) is 9.12. The molecule has 3 fully saturated rings. The fourth-order valence-electron chi connectivity index (χ4n) is 5.12. The van der Waals surface area contributed by atoms with Gasteiger partial charge in [0.25, 0.3) is 0 Å². The molecule has 1 saturated heterocycles. The van der Waals surface area contributed by atoms with Crippen LogP contribution in [-0.4, -0.2) is 59.3 Å². The maximum Gasteiger partial charge on any atom is 0.304 e. The predicted octanol–water partition coefficient (Wildman–Crippen LogP) is 1.11. The Kier molecular flexibility index (Phi) is 5.88. The van der Waals surface area contributed by atoms with E-state index in [4.69, 9.17) is 0 Å². The molecule has 0 aromatic carbocycles. The van der Waals surface area contributed by atoms with Gasteiger partial charge in [-0.15, -0.1) is 0 Å². The lowest BCUT2D eigenvalue weighted by molar-refractivity contribution is -0.120. The van der Waals surface area contributed by atoms with E-state index in [1.807, 2.05) is 4.72 Å². The molecule has 2 aliphatic carbocycles. The highest BCUT2D eigenvalue weighted by atomic mass is 32.2. The Bertz CT molecular complexity index is 665. The quantitative estimate of drug-likeness (QED) is 0.634. The molecule has 3 aliphatic rings. The standard InChI is InChI=1S/C18H31FN2O5S/c1-18(2,24)7-3-4-11-5-6-12-9-14(22)17(16(19)13(12)8-11)21-10-15(23)20-27(21,25)26/h11-14,16-17,22,24H,3-10H2,1-2H3,(H,20,23). The van der Waals surface area contributed by atoms with Crippen LogP contribution in [0.2, 0.25) is 0 Å². The number of nitrogens with zero attached hydrogens (tertiary/aromatic N) is 1. The molecule has 0 radical (unpaired) electrons. The fraction of sp³-hybridized carbons (Fsp3) is 0.944. The molecule has 1 amide bonds. The number of aliphatic hydroxyl groups is 2. The second kappa shape index (κ2) is 7.57. The van der Waals surface area contributed by atoms with Gasteiger partial charge in [0.2, 0.25) is 5.91 Å². The molecule has 9 heteroatoms. The van der Waals surface area contributed by atoms with Crippen LogP contribution in [0.15, 0.2) is 0 Å². The van der Waals surface area contributed by atoms with Gasteiger partial charge < -0.3 is 10.2 Å². The number of hydrogen-bond donors (Lipinski definition) is 3. The lowest BCUT2D eigenvalue weighted by atomic mass is 9.64. The maximum absolute atomic E-state index is 15.4. The molecular formula is C18H31FN2O5S. The van der Waals surface area contributed by atoms with Crippen LogP contribution < -0.4 is 4.72 Å². The van der Waals surface area contributed by atoms with E-state index in [0.29, 0.717) is 25.2 Å². The molecule has 0 aromatic rings. The molecule has 3 rings (SSSR count). The van der Waals surface area contributed by atoms with Gasteiger partial charge in [0.15, 0.2) is 0 Å². The smallest absolute Gasteiger partial charge is 0.304 e. The first-order valence-corrected chi connectivity index (χ1v) is 11.3. The summed E-state index contributed by atoms with van der Waals surface area (Å²) in [4.78, 5) is 11.5. The summed E-state index contributed by atoms with van der Waals surface area (Å²) in [7, 11) is -4.08. The molecule has 0 aromatic heterocycles. The minimum Gasteiger partial charge on any atom is -0.391 e. The summed E-state index contributed by atoms with van der Waals surface area (Å²) in [5.41, 5.74) is -0.705. The zero-order chi connectivity index (χ0) is 20.0. The highest BCUT2D eigenvalue weighted by molar-refractivity contribution is 7.88. The van der Waals surface area contributed by atoms with E-state index >= 15 is 4.39 Å². The van der Waals surface area contributed by atoms with E-state index in [1.165, 1.54) is 0 Å². The van der Waals surface area contributed by atoms with E-state index in [2.05, 4.69) is 0 Å². The number of hydrogen-bond acceptors (Lipinski definition) is 5. The van der Waals surface area contributed by atoms with E-state index < -0.39 is 46.6 Å². The third kappa shape index (κ3) is 4.63. The van der Waals surface area contributed by atoms with Crippen LogP contribution >= 0.6 is 0 Å². The number of nitrogens with one attached hydrogen (secondary N) is 1. The Morgan fingerprint density at radius 1 is 1.30 bits per heavy atom. The van der Waals surface area contributed by atoms with Crippen LogP contribution in [0.25, 0.3) is 0 Å². The van der Waals surface area contributed by atoms with Crippen molar-refractivity contribution in [2.75, 3.05) is 6.54 Å². The number of fused-ring (bicyclic) bond motifs is 1. The molecule has 1 aliphatic heterocycles. The van der Waals surface area contributed by atoms with E-state index in [9.17, 15) is 23.4 Å². The summed E-state index contributed by atoms with van der Waals surface area (Å²) in [6, 6.07) is -1.20. The Hall–Kier alpha value is -0.770. The summed E-state index contributed by atoms with van der Waals surface area (Å²) in [6.45, 7) is 3.12. The van der Waals surface area contributed by atoms with Crippen molar-refractivity contribution in [3.8, 4) is 0 Å². The third-order valence-corrected chi connectivity index (χ3v) is 7.89. The summed E-state index contributed by atoms with van der Waals surface area (Å²) in [6.07, 6.45) is 2.71. The molecule has 0 bridgehead atoms. The van der Waals surface area contributed by atoms with Crippen molar-refractivity contribution in [3.05, 3.63) is 0 Å². The maximum atomic E-state index is 15.4. The number of alkyl halides is 1. The van der Waals surface area contributed by atoms with Gasteiger partial charge >= 0.3 is 10.2 Å². The van der Waals surface area contributed by atoms with Gasteiger partial charge in [0, 0.05) is 0 Å². The van der Waals surface area contributed by atoms with Gasteiger partial charge in [-0.3, -0.25) is 4.79 Å². The van der Waals surface area contributed by atoms with Crippen molar-refractivity contribution < 1.29 is 27.8 Å². The molecule has 156 valence electrons. The lowest BCUT2D eigenvalue weighted by Gasteiger charge is -2.48. The highest BCUT2D eigenvalue weighted by Gasteiger charge is 2.53. The Morgan fingerprint density at radius 2 is 2.00 bits per heavy atom. The summed E-state index contributed by atoms with van der Waals surface area (Å²) >= 11 is 0. The van der Waals surface area contributed by atoms with Crippen molar-refractivity contribution in [2.45, 2.75) is 82.7 Å². The largest absolute Gasteiger partial charge is 0.391 e. The number of carbonyl (C=O) groups excluding carboxylic acids is 1. The zero-order valence-electron chi connectivity index (χ0n) is 16.0. The van der Waals surface area contributed by atoms with Gasteiger partial charge in [-0.2, -0.15) is 12.7 Å². The first-order chi connectivity index (χ1) is 12.5. The lowest BCUT2D eigenvalue weighted by Crippen LogP contribution is -2.58. The molecule has 1 heterocycles. The van der Waals surface area contributed by atoms with Gasteiger partial charge in [0.1, 0.15) is 6.17 Å². The average Bonchev–Trinajstić information content (AvgIpc) is 2.79. The number of rotatable bonds is 5. The number of amides is 1. The number of carbonyl (C=O) groups is 1. The summed E-state index contributed by atoms with van der Waals surface area (Å²) < 4.78 is 42.3. The zero-order valence-corrected chi connectivity index (χ0v) is 16.8. The molecule has 0 spiro atoms. The van der Waals surface area contributed by atoms with E-state index in [1.54, 1.807) is 13.8 Å². The van der Waals surface area contributed by atoms with Crippen LogP contribution in [0.5, 0.6) is 0 Å². The SMILES string of the molecule is CC(C)(O)CCCC1CCC2CC(O)C(N3CC(=O)NS3(=O)=O)C(F)C2C1. The molecule has 3 N–H and O–H groups in total. The van der Waals surface area contributed by atoms with Crippen LogP contribution in [0, 0.1) is 17.8 Å². The average molecular weight is 407 g/mol. The van der Waals surface area contributed by atoms with Gasteiger partial charge in [0.05, 0.1) is 24.3 Å². The predicted molar refractivity (Wildman–Crippen MR) is 97.5 cm³/mol. The van der Waals surface area contributed by atoms with Crippen molar-refractivity contribution >= 4 is 16.1 Å². The molecule has 27 heavy (non-hydrogen) atoms. The molecule has 7 nitrogen and oxygen atoms in total. The van der Waals surface area contributed by atoms with Crippen LogP contribution in [0.4, 0.5) is 4.39 Å². The van der Waals surface area contributed by atoms with E-state index in [0.717, 1.165) is 30.0 Å². The summed E-state index contributed by atoms with van der Waals surface area (Å²) in [5.74, 6) is -0.599. The third-order valence-electron chi connectivity index (χ3n) is 6.41. The highest BCUT2D eigenvalue weighted by Crippen LogP contribution is 2.47. The van der Waals surface area contributed by atoms with Crippen molar-refractivity contribution in [1.29, 1.82) is 0 Å². The van der Waals surface area contributed by atoms with Crippen molar-refractivity contribution in [2.24, 2.45) is 17.8 Å². The molecule has 6 atom stereocenters. The summed E-state index contributed by atoms with van der Waals surface area (Å²) in [5, 5.41) is 20.3. The van der Waals surface area contributed by atoms with Crippen molar-refractivity contribution in [3.63, 3.8) is 0 Å². The van der Waals surface area contributed by atoms with Crippen LogP contribution in [-0.2, 0) is 15.0 Å². The second-order valence-corrected chi connectivity index (χ2v) is 10.7. The van der Waals surface area contributed by atoms with Gasteiger partial charge in [-0.25, -0.2) is 9.11 Å². The molecule has 2 saturated carbocycles. The first-order valence-electron chi connectivity index (χ1n) is 9.85. The van der Waals surface area contributed by atoms with Crippen LogP contribution in [0.3, 0.4) is 0 Å². The first kappa shape index (κ1) is 21.0. The van der Waals surface area contributed by atoms with Gasteiger partial charge in [-0.1, -0.05) is 19.3 Å². The van der Waals surface area contributed by atoms with E-state index in [-0.39, 0.29) is 11.8 Å². The molecular weight excluding hydrogens is 375 g/mol. The Morgan fingerprint density at radius 3 is 2.59 bits per heavy atom. The van der Waals surface area contributed by atoms with Gasteiger partial charge in [-0.05, 0) is 57.3 Å². The number of aliphatic hydroxyl groups excluding tert-OH is 1. The minimum atomic E-state index is -4.08. The van der Waals surface area contributed by atoms with Crippen LogP contribution in [0.1, 0.15) is 58.8 Å². The van der Waals surface area contributed by atoms with Crippen molar-refractivity contribution in [1.82, 2.24) is 9.03 Å². The molecule has 6 unspecified atom stereocenters. The normalized spacial score (nSPS) is 39.8. The number of halogens is 1. The topological polar surface area (TPSA) is 107 Å². The monoisotopic (exact) mass is 406 g/mol. The minimum absolute atomic E-state index is 0.0470. The fourth-order valence-corrected chi connectivity index (χ4v) is 6.45.